The Hall–Kier alpha value is -2.25. The van der Waals surface area contributed by atoms with E-state index in [0.717, 1.165) is 5.56 Å². The third-order valence-electron chi connectivity index (χ3n) is 4.84. The highest BCUT2D eigenvalue weighted by Crippen LogP contribution is 2.20. The molecule has 1 N–H and O–H groups in total. The van der Waals surface area contributed by atoms with Gasteiger partial charge in [-0.25, -0.2) is 17.5 Å². The van der Waals surface area contributed by atoms with Gasteiger partial charge < -0.3 is 4.90 Å². The molecule has 0 aliphatic carbocycles. The number of likely N-dealkylation sites (tertiary alicyclic amines) is 1. The Bertz CT molecular complexity index is 951. The predicted molar refractivity (Wildman–Crippen MR) is 102 cm³/mol. The normalized spacial score (nSPS) is 15.7. The van der Waals surface area contributed by atoms with Crippen LogP contribution in [-0.2, 0) is 10.0 Å². The quantitative estimate of drug-likeness (QED) is 0.873. The minimum atomic E-state index is -3.62. The number of aryl methyl sites for hydroxylation is 2. The van der Waals surface area contributed by atoms with E-state index < -0.39 is 15.8 Å². The molecule has 1 saturated heterocycles. The number of rotatable bonds is 4. The van der Waals surface area contributed by atoms with Crippen molar-refractivity contribution in [3.63, 3.8) is 0 Å². The zero-order chi connectivity index (χ0) is 19.6. The fourth-order valence-electron chi connectivity index (χ4n) is 3.29. The van der Waals surface area contributed by atoms with Crippen molar-refractivity contribution < 1.29 is 17.6 Å². The molecule has 0 saturated carbocycles. The number of carbonyl (C=O) groups is 1. The monoisotopic (exact) mass is 390 g/mol. The molecule has 2 aromatic carbocycles. The smallest absolute Gasteiger partial charge is 0.256 e. The number of hydrogen-bond acceptors (Lipinski definition) is 3. The molecule has 1 aliphatic heterocycles. The van der Waals surface area contributed by atoms with Crippen LogP contribution in [0.2, 0.25) is 0 Å². The molecule has 5 nitrogen and oxygen atoms in total. The standard InChI is InChI=1S/C20H23FN2O3S/c1-14-7-8-15(2)19(13-14)27(25,26)22-16-9-11-23(12-10-16)20(24)17-5-3-4-6-18(17)21/h3-8,13,16,22H,9-12H2,1-2H3. The fourth-order valence-corrected chi connectivity index (χ4v) is 4.92. The molecule has 1 fully saturated rings. The van der Waals surface area contributed by atoms with Gasteiger partial charge in [-0.1, -0.05) is 24.3 Å². The summed E-state index contributed by atoms with van der Waals surface area (Å²) in [6.45, 7) is 4.38. The Morgan fingerprint density at radius 1 is 1.11 bits per heavy atom. The number of benzene rings is 2. The Morgan fingerprint density at radius 3 is 2.44 bits per heavy atom. The van der Waals surface area contributed by atoms with Crippen LogP contribution in [0.3, 0.4) is 0 Å². The van der Waals surface area contributed by atoms with E-state index in [0.29, 0.717) is 31.5 Å². The summed E-state index contributed by atoms with van der Waals surface area (Å²) in [7, 11) is -3.62. The summed E-state index contributed by atoms with van der Waals surface area (Å²) in [4.78, 5) is 14.3. The van der Waals surface area contributed by atoms with E-state index in [1.165, 1.54) is 12.1 Å². The lowest BCUT2D eigenvalue weighted by molar-refractivity contribution is 0.0706. The van der Waals surface area contributed by atoms with Crippen LogP contribution < -0.4 is 4.72 Å². The van der Waals surface area contributed by atoms with Crippen molar-refractivity contribution >= 4 is 15.9 Å². The third kappa shape index (κ3) is 4.36. The van der Waals surface area contributed by atoms with Gasteiger partial charge in [-0.2, -0.15) is 0 Å². The molecule has 27 heavy (non-hydrogen) atoms. The number of sulfonamides is 1. The Balaban J connectivity index is 1.65. The van der Waals surface area contributed by atoms with E-state index in [4.69, 9.17) is 0 Å². The average Bonchev–Trinajstić information content (AvgIpc) is 2.64. The fraction of sp³-hybridized carbons (Fsp3) is 0.350. The van der Waals surface area contributed by atoms with E-state index in [2.05, 4.69) is 4.72 Å². The first kappa shape index (κ1) is 19.5. The Kier molecular flexibility index (Phi) is 5.62. The maximum atomic E-state index is 13.8. The second-order valence-corrected chi connectivity index (χ2v) is 8.62. The van der Waals surface area contributed by atoms with Gasteiger partial charge in [-0.3, -0.25) is 4.79 Å². The summed E-state index contributed by atoms with van der Waals surface area (Å²) in [5.41, 5.74) is 1.62. The molecule has 0 spiro atoms. The maximum absolute atomic E-state index is 13.8. The van der Waals surface area contributed by atoms with Crippen LogP contribution in [0.15, 0.2) is 47.4 Å². The maximum Gasteiger partial charge on any atom is 0.256 e. The molecule has 1 amide bonds. The lowest BCUT2D eigenvalue weighted by atomic mass is 10.0. The van der Waals surface area contributed by atoms with E-state index in [9.17, 15) is 17.6 Å². The van der Waals surface area contributed by atoms with Crippen LogP contribution in [0.5, 0.6) is 0 Å². The van der Waals surface area contributed by atoms with E-state index in [1.807, 2.05) is 13.0 Å². The second-order valence-electron chi connectivity index (χ2n) is 6.94. The number of piperidine rings is 1. The number of halogens is 1. The summed E-state index contributed by atoms with van der Waals surface area (Å²) in [5, 5.41) is 0. The van der Waals surface area contributed by atoms with Crippen molar-refractivity contribution in [2.45, 2.75) is 37.6 Å². The average molecular weight is 390 g/mol. The van der Waals surface area contributed by atoms with Crippen molar-refractivity contribution in [2.24, 2.45) is 0 Å². The zero-order valence-electron chi connectivity index (χ0n) is 15.4. The van der Waals surface area contributed by atoms with Crippen LogP contribution in [0, 0.1) is 19.7 Å². The molecule has 7 heteroatoms. The molecular formula is C20H23FN2O3S. The number of hydrogen-bond donors (Lipinski definition) is 1. The van der Waals surface area contributed by atoms with E-state index in [-0.39, 0.29) is 22.4 Å². The van der Waals surface area contributed by atoms with Gasteiger partial charge in [0.05, 0.1) is 10.5 Å². The molecule has 0 bridgehead atoms. The van der Waals surface area contributed by atoms with Gasteiger partial charge in [0, 0.05) is 19.1 Å². The van der Waals surface area contributed by atoms with Gasteiger partial charge in [0.2, 0.25) is 10.0 Å². The van der Waals surface area contributed by atoms with Crippen LogP contribution >= 0.6 is 0 Å². The largest absolute Gasteiger partial charge is 0.338 e. The van der Waals surface area contributed by atoms with Crippen molar-refractivity contribution in [3.05, 3.63) is 65.0 Å². The first-order valence-electron chi connectivity index (χ1n) is 8.91. The first-order valence-corrected chi connectivity index (χ1v) is 10.4. The molecule has 3 rings (SSSR count). The lowest BCUT2D eigenvalue weighted by Crippen LogP contribution is -2.46. The molecule has 0 radical (unpaired) electrons. The molecule has 1 heterocycles. The highest BCUT2D eigenvalue weighted by Gasteiger charge is 2.28. The Labute approximate surface area is 159 Å². The third-order valence-corrected chi connectivity index (χ3v) is 6.50. The van der Waals surface area contributed by atoms with Crippen LogP contribution in [-0.4, -0.2) is 38.4 Å². The highest BCUT2D eigenvalue weighted by atomic mass is 32.2. The molecule has 144 valence electrons. The van der Waals surface area contributed by atoms with Gasteiger partial charge in [0.15, 0.2) is 0 Å². The number of amides is 1. The molecular weight excluding hydrogens is 367 g/mol. The van der Waals surface area contributed by atoms with Crippen molar-refractivity contribution in [1.29, 1.82) is 0 Å². The van der Waals surface area contributed by atoms with Crippen LogP contribution in [0.4, 0.5) is 4.39 Å². The van der Waals surface area contributed by atoms with E-state index in [1.54, 1.807) is 36.1 Å². The summed E-state index contributed by atoms with van der Waals surface area (Å²) < 4.78 is 42.0. The molecule has 0 aromatic heterocycles. The highest BCUT2D eigenvalue weighted by molar-refractivity contribution is 7.89. The lowest BCUT2D eigenvalue weighted by Gasteiger charge is -2.32. The Morgan fingerprint density at radius 2 is 1.78 bits per heavy atom. The van der Waals surface area contributed by atoms with Gasteiger partial charge in [-0.15, -0.1) is 0 Å². The van der Waals surface area contributed by atoms with Gasteiger partial charge in [0.25, 0.3) is 5.91 Å². The molecule has 0 atom stereocenters. The SMILES string of the molecule is Cc1ccc(C)c(S(=O)(=O)NC2CCN(C(=O)c3ccccc3F)CC2)c1. The van der Waals surface area contributed by atoms with Crippen LogP contribution in [0.25, 0.3) is 0 Å². The second kappa shape index (κ2) is 7.78. The topological polar surface area (TPSA) is 66.5 Å². The molecule has 2 aromatic rings. The van der Waals surface area contributed by atoms with Crippen molar-refractivity contribution in [3.8, 4) is 0 Å². The number of carbonyl (C=O) groups excluding carboxylic acids is 1. The first-order chi connectivity index (χ1) is 12.8. The molecule has 0 unspecified atom stereocenters. The predicted octanol–water partition coefficient (Wildman–Crippen LogP) is 3.03. The number of nitrogens with zero attached hydrogens (tertiary/aromatic N) is 1. The number of nitrogens with one attached hydrogen (secondary N) is 1. The molecule has 1 aliphatic rings. The van der Waals surface area contributed by atoms with Crippen molar-refractivity contribution in [2.75, 3.05) is 13.1 Å². The van der Waals surface area contributed by atoms with Gasteiger partial charge in [-0.05, 0) is 56.0 Å². The summed E-state index contributed by atoms with van der Waals surface area (Å²) >= 11 is 0. The summed E-state index contributed by atoms with van der Waals surface area (Å²) in [5.74, 6) is -0.899. The van der Waals surface area contributed by atoms with Crippen LogP contribution in [0.1, 0.15) is 34.3 Å². The van der Waals surface area contributed by atoms with Gasteiger partial charge in [0.1, 0.15) is 5.82 Å². The van der Waals surface area contributed by atoms with Crippen molar-refractivity contribution in [1.82, 2.24) is 9.62 Å². The summed E-state index contributed by atoms with van der Waals surface area (Å²) in [6.07, 6.45) is 0.981. The van der Waals surface area contributed by atoms with Gasteiger partial charge >= 0.3 is 0 Å². The summed E-state index contributed by atoms with van der Waals surface area (Å²) in [6, 6.07) is 11.0. The minimum absolute atomic E-state index is 0.0481. The minimum Gasteiger partial charge on any atom is -0.338 e. The van der Waals surface area contributed by atoms with E-state index >= 15 is 0 Å². The zero-order valence-corrected chi connectivity index (χ0v) is 16.2.